The Labute approximate surface area is 150 Å². The van der Waals surface area contributed by atoms with Crippen molar-refractivity contribution < 1.29 is 13.2 Å². The van der Waals surface area contributed by atoms with Gasteiger partial charge in [-0.3, -0.25) is 9.10 Å². The van der Waals surface area contributed by atoms with Crippen molar-refractivity contribution in [1.82, 2.24) is 4.90 Å². The van der Waals surface area contributed by atoms with Crippen molar-refractivity contribution in [3.8, 4) is 0 Å². The molecule has 1 aromatic carbocycles. The summed E-state index contributed by atoms with van der Waals surface area (Å²) in [4.78, 5) is 14.2. The van der Waals surface area contributed by atoms with Crippen LogP contribution in [0.1, 0.15) is 38.7 Å². The SMILES string of the molecule is CCCN(CCC)C(=O)CCN(c1cccc(Cl)c1C)S(C)(=O)=O. The van der Waals surface area contributed by atoms with E-state index < -0.39 is 10.0 Å². The number of nitrogens with zero attached hydrogens (tertiary/aromatic N) is 2. The number of hydrogen-bond donors (Lipinski definition) is 0. The van der Waals surface area contributed by atoms with Crippen molar-refractivity contribution in [3.05, 3.63) is 28.8 Å². The highest BCUT2D eigenvalue weighted by atomic mass is 35.5. The molecular weight excluding hydrogens is 348 g/mol. The van der Waals surface area contributed by atoms with Crippen LogP contribution < -0.4 is 4.31 Å². The topological polar surface area (TPSA) is 57.7 Å². The Morgan fingerprint density at radius 2 is 1.71 bits per heavy atom. The van der Waals surface area contributed by atoms with Crippen LogP contribution in [0.3, 0.4) is 0 Å². The lowest BCUT2D eigenvalue weighted by Gasteiger charge is -2.26. The first-order valence-corrected chi connectivity index (χ1v) is 10.5. The molecule has 0 fully saturated rings. The summed E-state index contributed by atoms with van der Waals surface area (Å²) in [5.74, 6) is -0.0213. The van der Waals surface area contributed by atoms with Crippen molar-refractivity contribution in [1.29, 1.82) is 0 Å². The molecule has 5 nitrogen and oxygen atoms in total. The van der Waals surface area contributed by atoms with Gasteiger partial charge >= 0.3 is 0 Å². The molecule has 0 heterocycles. The van der Waals surface area contributed by atoms with Crippen molar-refractivity contribution >= 4 is 33.2 Å². The van der Waals surface area contributed by atoms with Crippen LogP contribution in [0.4, 0.5) is 5.69 Å². The second-order valence-corrected chi connectivity index (χ2v) is 8.16. The summed E-state index contributed by atoms with van der Waals surface area (Å²) in [6.07, 6.45) is 3.07. The predicted molar refractivity (Wildman–Crippen MR) is 100 cm³/mol. The molecule has 24 heavy (non-hydrogen) atoms. The summed E-state index contributed by atoms with van der Waals surface area (Å²) in [6, 6.07) is 5.14. The standard InChI is InChI=1S/C17H27ClN2O3S/c1-5-11-19(12-6-2)17(21)10-13-20(24(4,22)23)16-9-7-8-15(18)14(16)3/h7-9H,5-6,10-13H2,1-4H3. The van der Waals surface area contributed by atoms with Crippen molar-refractivity contribution in [2.75, 3.05) is 30.2 Å². The maximum absolute atomic E-state index is 12.4. The van der Waals surface area contributed by atoms with Gasteiger partial charge in [0.05, 0.1) is 11.9 Å². The van der Waals surface area contributed by atoms with Gasteiger partial charge in [0.1, 0.15) is 0 Å². The minimum Gasteiger partial charge on any atom is -0.343 e. The van der Waals surface area contributed by atoms with Gasteiger partial charge in [0.25, 0.3) is 0 Å². The molecule has 0 atom stereocenters. The zero-order chi connectivity index (χ0) is 18.3. The maximum atomic E-state index is 12.4. The molecule has 7 heteroatoms. The summed E-state index contributed by atoms with van der Waals surface area (Å²) in [5.41, 5.74) is 1.21. The third kappa shape index (κ3) is 5.67. The average Bonchev–Trinajstić information content (AvgIpc) is 2.49. The highest BCUT2D eigenvalue weighted by Crippen LogP contribution is 2.28. The Kier molecular flexibility index (Phi) is 8.03. The third-order valence-corrected chi connectivity index (χ3v) is 5.37. The van der Waals surface area contributed by atoms with Crippen LogP contribution in [-0.4, -0.2) is 45.1 Å². The van der Waals surface area contributed by atoms with Gasteiger partial charge in [-0.05, 0) is 37.5 Å². The van der Waals surface area contributed by atoms with Gasteiger partial charge in [-0.15, -0.1) is 0 Å². The molecule has 0 aliphatic carbocycles. The number of carbonyl (C=O) groups excluding carboxylic acids is 1. The van der Waals surface area contributed by atoms with Gasteiger partial charge in [0, 0.05) is 31.1 Å². The zero-order valence-corrected chi connectivity index (χ0v) is 16.5. The van der Waals surface area contributed by atoms with E-state index in [1.54, 1.807) is 30.0 Å². The smallest absolute Gasteiger partial charge is 0.232 e. The molecule has 0 saturated carbocycles. The fraction of sp³-hybridized carbons (Fsp3) is 0.588. The van der Waals surface area contributed by atoms with Crippen molar-refractivity contribution in [2.45, 2.75) is 40.0 Å². The van der Waals surface area contributed by atoms with Crippen LogP contribution in [0, 0.1) is 6.92 Å². The predicted octanol–water partition coefficient (Wildman–Crippen LogP) is 3.45. The summed E-state index contributed by atoms with van der Waals surface area (Å²) < 4.78 is 25.6. The van der Waals surface area contributed by atoms with E-state index >= 15 is 0 Å². The van der Waals surface area contributed by atoms with Gasteiger partial charge in [0.15, 0.2) is 0 Å². The summed E-state index contributed by atoms with van der Waals surface area (Å²) in [6.45, 7) is 7.33. The number of carbonyl (C=O) groups is 1. The van der Waals surface area contributed by atoms with Gasteiger partial charge in [-0.1, -0.05) is 31.5 Å². The number of amides is 1. The van der Waals surface area contributed by atoms with E-state index in [1.807, 2.05) is 13.8 Å². The summed E-state index contributed by atoms with van der Waals surface area (Å²) in [7, 11) is -3.50. The van der Waals surface area contributed by atoms with E-state index in [-0.39, 0.29) is 18.9 Å². The van der Waals surface area contributed by atoms with Crippen LogP contribution in [0.25, 0.3) is 0 Å². The minimum atomic E-state index is -3.50. The van der Waals surface area contributed by atoms with E-state index in [1.165, 1.54) is 4.31 Å². The number of anilines is 1. The molecule has 0 saturated heterocycles. The molecule has 0 aromatic heterocycles. The fourth-order valence-corrected chi connectivity index (χ4v) is 3.74. The van der Waals surface area contributed by atoms with Gasteiger partial charge in [-0.25, -0.2) is 8.42 Å². The number of benzene rings is 1. The third-order valence-electron chi connectivity index (χ3n) is 3.78. The molecule has 0 aliphatic rings. The van der Waals surface area contributed by atoms with Crippen LogP contribution in [-0.2, 0) is 14.8 Å². The molecule has 136 valence electrons. The first-order valence-electron chi connectivity index (χ1n) is 8.22. The number of halogens is 1. The van der Waals surface area contributed by atoms with E-state index in [2.05, 4.69) is 0 Å². The molecule has 0 unspecified atom stereocenters. The quantitative estimate of drug-likeness (QED) is 0.665. The van der Waals surface area contributed by atoms with Gasteiger partial charge in [-0.2, -0.15) is 0 Å². The minimum absolute atomic E-state index is 0.0213. The molecule has 1 rings (SSSR count). The zero-order valence-electron chi connectivity index (χ0n) is 14.9. The normalized spacial score (nSPS) is 11.4. The second kappa shape index (κ2) is 9.28. The Morgan fingerprint density at radius 3 is 2.21 bits per heavy atom. The Morgan fingerprint density at radius 1 is 1.12 bits per heavy atom. The summed E-state index contributed by atoms with van der Waals surface area (Å²) >= 11 is 6.11. The monoisotopic (exact) mass is 374 g/mol. The summed E-state index contributed by atoms with van der Waals surface area (Å²) in [5, 5.41) is 0.506. The first kappa shape index (κ1) is 20.8. The lowest BCUT2D eigenvalue weighted by atomic mass is 10.2. The number of sulfonamides is 1. The molecule has 1 amide bonds. The number of rotatable bonds is 9. The van der Waals surface area contributed by atoms with Crippen LogP contribution in [0.5, 0.6) is 0 Å². The molecule has 0 radical (unpaired) electrons. The van der Waals surface area contributed by atoms with Crippen molar-refractivity contribution in [2.24, 2.45) is 0 Å². The first-order chi connectivity index (χ1) is 11.2. The van der Waals surface area contributed by atoms with E-state index in [0.717, 1.165) is 19.1 Å². The Bertz CT molecular complexity index is 656. The molecule has 0 aliphatic heterocycles. The Balaban J connectivity index is 2.97. The van der Waals surface area contributed by atoms with E-state index in [9.17, 15) is 13.2 Å². The molecule has 0 N–H and O–H groups in total. The largest absolute Gasteiger partial charge is 0.343 e. The second-order valence-electron chi connectivity index (χ2n) is 5.85. The average molecular weight is 375 g/mol. The molecular formula is C17H27ClN2O3S. The van der Waals surface area contributed by atoms with Crippen molar-refractivity contribution in [3.63, 3.8) is 0 Å². The lowest BCUT2D eigenvalue weighted by molar-refractivity contribution is -0.131. The van der Waals surface area contributed by atoms with E-state index in [4.69, 9.17) is 11.6 Å². The lowest BCUT2D eigenvalue weighted by Crippen LogP contribution is -2.37. The molecule has 0 bridgehead atoms. The fourth-order valence-electron chi connectivity index (χ4n) is 2.59. The number of hydrogen-bond acceptors (Lipinski definition) is 3. The highest BCUT2D eigenvalue weighted by Gasteiger charge is 2.22. The molecule has 1 aromatic rings. The van der Waals surface area contributed by atoms with Crippen LogP contribution in [0.15, 0.2) is 18.2 Å². The van der Waals surface area contributed by atoms with E-state index in [0.29, 0.717) is 29.4 Å². The van der Waals surface area contributed by atoms with Gasteiger partial charge in [0.2, 0.25) is 15.9 Å². The van der Waals surface area contributed by atoms with Crippen LogP contribution in [0.2, 0.25) is 5.02 Å². The van der Waals surface area contributed by atoms with Crippen LogP contribution >= 0.6 is 11.6 Å². The Hall–Kier alpha value is -1.27. The molecule has 0 spiro atoms. The van der Waals surface area contributed by atoms with Gasteiger partial charge < -0.3 is 4.90 Å². The maximum Gasteiger partial charge on any atom is 0.232 e. The highest BCUT2D eigenvalue weighted by molar-refractivity contribution is 7.92.